The van der Waals surface area contributed by atoms with Gasteiger partial charge in [0.05, 0.1) is 23.7 Å². The summed E-state index contributed by atoms with van der Waals surface area (Å²) >= 11 is 0. The van der Waals surface area contributed by atoms with Gasteiger partial charge in [0.2, 0.25) is 0 Å². The Bertz CT molecular complexity index is 1030. The first-order valence-electron chi connectivity index (χ1n) is 8.46. The Morgan fingerprint density at radius 1 is 0.885 bits per heavy atom. The first-order chi connectivity index (χ1) is 12.8. The topological polar surface area (TPSA) is 39.4 Å². The van der Waals surface area contributed by atoms with E-state index in [9.17, 15) is 0 Å². The molecule has 26 heavy (non-hydrogen) atoms. The van der Waals surface area contributed by atoms with Crippen molar-refractivity contribution >= 4 is 22.3 Å². The van der Waals surface area contributed by atoms with E-state index < -0.39 is 0 Å². The molecule has 0 atom stereocenters. The number of methoxy groups -OCH3 is 1. The molecule has 0 fully saturated rings. The Kier molecular flexibility index (Phi) is 4.23. The van der Waals surface area contributed by atoms with Crippen LogP contribution in [0.3, 0.4) is 0 Å². The van der Waals surface area contributed by atoms with Gasteiger partial charge in [-0.2, -0.15) is 5.10 Å². The van der Waals surface area contributed by atoms with Gasteiger partial charge in [0.25, 0.3) is 0 Å². The highest BCUT2D eigenvalue weighted by Crippen LogP contribution is 2.36. The van der Waals surface area contributed by atoms with Crippen LogP contribution >= 0.6 is 0 Å². The standard InChI is InChI=1S/C22H19N3O/c1-25-15-18-19(24-25)13-14-20(22(18)26-2)23-21(16-9-5-3-6-10-16)17-11-7-4-8-12-17/h3-15H,1-2H3. The smallest absolute Gasteiger partial charge is 0.155 e. The molecule has 0 aliphatic carbocycles. The molecule has 0 unspecified atom stereocenters. The third-order valence-electron chi connectivity index (χ3n) is 4.26. The maximum Gasteiger partial charge on any atom is 0.155 e. The maximum absolute atomic E-state index is 5.68. The molecule has 0 saturated carbocycles. The molecule has 4 nitrogen and oxygen atoms in total. The molecule has 128 valence electrons. The quantitative estimate of drug-likeness (QED) is 0.502. The van der Waals surface area contributed by atoms with Crippen LogP contribution in [0.25, 0.3) is 10.9 Å². The normalized spacial score (nSPS) is 10.7. The second-order valence-electron chi connectivity index (χ2n) is 6.05. The molecule has 4 aromatic rings. The van der Waals surface area contributed by atoms with E-state index in [1.807, 2.05) is 61.8 Å². The molecule has 0 aliphatic rings. The summed E-state index contributed by atoms with van der Waals surface area (Å²) in [4.78, 5) is 4.98. The second kappa shape index (κ2) is 6.84. The summed E-state index contributed by atoms with van der Waals surface area (Å²) in [6, 6.07) is 24.3. The number of ether oxygens (including phenoxy) is 1. The number of aliphatic imine (C=N–C) groups is 1. The van der Waals surface area contributed by atoms with Crippen molar-refractivity contribution in [3.05, 3.63) is 90.1 Å². The lowest BCUT2D eigenvalue weighted by atomic mass is 10.0. The zero-order valence-electron chi connectivity index (χ0n) is 14.8. The predicted octanol–water partition coefficient (Wildman–Crippen LogP) is 4.75. The highest BCUT2D eigenvalue weighted by atomic mass is 16.5. The van der Waals surface area contributed by atoms with Crippen LogP contribution in [0.15, 0.2) is 84.0 Å². The Balaban J connectivity index is 1.94. The third kappa shape index (κ3) is 2.97. The van der Waals surface area contributed by atoms with Crippen molar-refractivity contribution in [2.75, 3.05) is 7.11 Å². The van der Waals surface area contributed by atoms with E-state index in [0.717, 1.165) is 39.2 Å². The van der Waals surface area contributed by atoms with Crippen molar-refractivity contribution in [1.82, 2.24) is 9.78 Å². The van der Waals surface area contributed by atoms with Gasteiger partial charge in [-0.1, -0.05) is 60.7 Å². The van der Waals surface area contributed by atoms with Gasteiger partial charge >= 0.3 is 0 Å². The Morgan fingerprint density at radius 3 is 2.08 bits per heavy atom. The minimum Gasteiger partial charge on any atom is -0.494 e. The number of hydrogen-bond acceptors (Lipinski definition) is 3. The number of hydrogen-bond donors (Lipinski definition) is 0. The molecule has 0 spiro atoms. The van der Waals surface area contributed by atoms with E-state index in [2.05, 4.69) is 29.4 Å². The lowest BCUT2D eigenvalue weighted by Crippen LogP contribution is -2.02. The number of rotatable bonds is 4. The molecule has 4 heteroatoms. The summed E-state index contributed by atoms with van der Waals surface area (Å²) in [6.07, 6.45) is 1.96. The molecule has 0 aliphatic heterocycles. The predicted molar refractivity (Wildman–Crippen MR) is 105 cm³/mol. The zero-order chi connectivity index (χ0) is 17.9. The molecule has 0 saturated heterocycles. The molecule has 4 rings (SSSR count). The Hall–Kier alpha value is -3.40. The van der Waals surface area contributed by atoms with Gasteiger partial charge in [0.15, 0.2) is 5.75 Å². The van der Waals surface area contributed by atoms with Gasteiger partial charge < -0.3 is 4.74 Å². The van der Waals surface area contributed by atoms with E-state index in [0.29, 0.717) is 0 Å². The van der Waals surface area contributed by atoms with E-state index in [1.165, 1.54) is 0 Å². The zero-order valence-corrected chi connectivity index (χ0v) is 14.8. The van der Waals surface area contributed by atoms with Crippen LogP contribution in [0.4, 0.5) is 5.69 Å². The Morgan fingerprint density at radius 2 is 1.50 bits per heavy atom. The van der Waals surface area contributed by atoms with Crippen LogP contribution in [0.2, 0.25) is 0 Å². The number of fused-ring (bicyclic) bond motifs is 1. The van der Waals surface area contributed by atoms with Gasteiger partial charge in [0.1, 0.15) is 5.69 Å². The van der Waals surface area contributed by atoms with Crippen LogP contribution in [0, 0.1) is 0 Å². The van der Waals surface area contributed by atoms with Crippen molar-refractivity contribution in [1.29, 1.82) is 0 Å². The average Bonchev–Trinajstić information content (AvgIpc) is 3.07. The van der Waals surface area contributed by atoms with E-state index in [-0.39, 0.29) is 0 Å². The third-order valence-corrected chi connectivity index (χ3v) is 4.26. The van der Waals surface area contributed by atoms with Crippen molar-refractivity contribution in [3.63, 3.8) is 0 Å². The van der Waals surface area contributed by atoms with Crippen LogP contribution in [-0.4, -0.2) is 22.6 Å². The molecule has 0 bridgehead atoms. The van der Waals surface area contributed by atoms with Gasteiger partial charge in [-0.05, 0) is 12.1 Å². The fourth-order valence-corrected chi connectivity index (χ4v) is 3.09. The van der Waals surface area contributed by atoms with Crippen LogP contribution in [-0.2, 0) is 7.05 Å². The monoisotopic (exact) mass is 341 g/mol. The summed E-state index contributed by atoms with van der Waals surface area (Å²) in [5.74, 6) is 0.736. The average molecular weight is 341 g/mol. The Labute approximate surface area is 152 Å². The minimum atomic E-state index is 0.736. The largest absolute Gasteiger partial charge is 0.494 e. The van der Waals surface area contributed by atoms with Crippen LogP contribution in [0.5, 0.6) is 5.75 Å². The first kappa shape index (κ1) is 16.1. The first-order valence-corrected chi connectivity index (χ1v) is 8.46. The van der Waals surface area contributed by atoms with Gasteiger partial charge in [-0.3, -0.25) is 4.68 Å². The lowest BCUT2D eigenvalue weighted by molar-refractivity contribution is 0.421. The van der Waals surface area contributed by atoms with Gasteiger partial charge in [-0.15, -0.1) is 0 Å². The van der Waals surface area contributed by atoms with Gasteiger partial charge in [0, 0.05) is 24.4 Å². The van der Waals surface area contributed by atoms with E-state index >= 15 is 0 Å². The molecule has 0 amide bonds. The molecule has 0 radical (unpaired) electrons. The van der Waals surface area contributed by atoms with Crippen LogP contribution in [0.1, 0.15) is 11.1 Å². The maximum atomic E-state index is 5.68. The van der Waals surface area contributed by atoms with Gasteiger partial charge in [-0.25, -0.2) is 4.99 Å². The van der Waals surface area contributed by atoms with Crippen molar-refractivity contribution in [2.24, 2.45) is 12.0 Å². The summed E-state index contributed by atoms with van der Waals surface area (Å²) in [7, 11) is 3.58. The SMILES string of the molecule is COc1c(N=C(c2ccccc2)c2ccccc2)ccc2nn(C)cc12. The van der Waals surface area contributed by atoms with E-state index in [1.54, 1.807) is 11.8 Å². The van der Waals surface area contributed by atoms with Crippen molar-refractivity contribution in [2.45, 2.75) is 0 Å². The molecular formula is C22H19N3O. The number of nitrogens with zero attached hydrogens (tertiary/aromatic N) is 3. The summed E-state index contributed by atoms with van der Waals surface area (Å²) < 4.78 is 7.47. The highest BCUT2D eigenvalue weighted by molar-refractivity contribution is 6.14. The minimum absolute atomic E-state index is 0.736. The molecule has 1 aromatic heterocycles. The number of aromatic nitrogens is 2. The fourth-order valence-electron chi connectivity index (χ4n) is 3.09. The van der Waals surface area contributed by atoms with Crippen molar-refractivity contribution < 1.29 is 4.74 Å². The summed E-state index contributed by atoms with van der Waals surface area (Å²) in [6.45, 7) is 0. The summed E-state index contributed by atoms with van der Waals surface area (Å²) in [5.41, 5.74) is 4.71. The van der Waals surface area contributed by atoms with Crippen molar-refractivity contribution in [3.8, 4) is 5.75 Å². The molecule has 1 heterocycles. The van der Waals surface area contributed by atoms with E-state index in [4.69, 9.17) is 9.73 Å². The second-order valence-corrected chi connectivity index (χ2v) is 6.05. The fraction of sp³-hybridized carbons (Fsp3) is 0.0909. The molecular weight excluding hydrogens is 322 g/mol. The number of aryl methyl sites for hydroxylation is 1. The number of benzene rings is 3. The molecule has 0 N–H and O–H groups in total. The summed E-state index contributed by atoms with van der Waals surface area (Å²) in [5, 5.41) is 5.40. The van der Waals surface area contributed by atoms with Crippen LogP contribution < -0.4 is 4.74 Å². The lowest BCUT2D eigenvalue weighted by Gasteiger charge is -2.10. The highest BCUT2D eigenvalue weighted by Gasteiger charge is 2.13. The molecule has 3 aromatic carbocycles.